The lowest BCUT2D eigenvalue weighted by molar-refractivity contribution is 0.127. The third kappa shape index (κ3) is 2.93. The lowest BCUT2D eigenvalue weighted by Gasteiger charge is -2.08. The van der Waals surface area contributed by atoms with Crippen LogP contribution in [0.25, 0.3) is 0 Å². The maximum Gasteiger partial charge on any atom is 0.155 e. The highest BCUT2D eigenvalue weighted by Crippen LogP contribution is 2.17. The SMILES string of the molecule is O=S(=O)(CC1CCCO1)CC1CO1. The van der Waals surface area contributed by atoms with Gasteiger partial charge in [0, 0.05) is 6.61 Å². The minimum Gasteiger partial charge on any atom is -0.377 e. The molecule has 2 heterocycles. The Hall–Kier alpha value is -0.130. The summed E-state index contributed by atoms with van der Waals surface area (Å²) in [5.74, 6) is 0.347. The first kappa shape index (κ1) is 9.43. The Balaban J connectivity index is 1.83. The Morgan fingerprint density at radius 3 is 2.38 bits per heavy atom. The highest BCUT2D eigenvalue weighted by Gasteiger charge is 2.31. The predicted molar refractivity (Wildman–Crippen MR) is 47.4 cm³/mol. The van der Waals surface area contributed by atoms with E-state index in [0.717, 1.165) is 12.8 Å². The average molecular weight is 206 g/mol. The molecule has 0 radical (unpaired) electrons. The van der Waals surface area contributed by atoms with Crippen molar-refractivity contribution < 1.29 is 17.9 Å². The zero-order valence-corrected chi connectivity index (χ0v) is 8.26. The molecule has 0 N–H and O–H groups in total. The standard InChI is InChI=1S/C8H14O4S/c9-13(10,6-8-4-12-8)5-7-2-1-3-11-7/h7-8H,1-6H2. The van der Waals surface area contributed by atoms with Crippen LogP contribution in [0.2, 0.25) is 0 Å². The molecule has 2 aliphatic heterocycles. The van der Waals surface area contributed by atoms with E-state index in [1.165, 1.54) is 0 Å². The first-order valence-electron chi connectivity index (χ1n) is 4.59. The van der Waals surface area contributed by atoms with Crippen LogP contribution in [0.4, 0.5) is 0 Å². The molecule has 0 aromatic heterocycles. The Bertz CT molecular complexity index is 262. The van der Waals surface area contributed by atoms with Crippen molar-refractivity contribution >= 4 is 9.84 Å². The Kier molecular flexibility index (Phi) is 2.58. The monoisotopic (exact) mass is 206 g/mol. The van der Waals surface area contributed by atoms with Crippen LogP contribution in [0.15, 0.2) is 0 Å². The highest BCUT2D eigenvalue weighted by atomic mass is 32.2. The fourth-order valence-corrected chi connectivity index (χ4v) is 3.30. The fourth-order valence-electron chi connectivity index (χ4n) is 1.57. The molecule has 5 heteroatoms. The molecule has 2 saturated heterocycles. The smallest absolute Gasteiger partial charge is 0.155 e. The van der Waals surface area contributed by atoms with E-state index in [0.29, 0.717) is 13.2 Å². The molecule has 2 unspecified atom stereocenters. The number of sulfone groups is 1. The zero-order valence-electron chi connectivity index (χ0n) is 7.44. The summed E-state index contributed by atoms with van der Waals surface area (Å²) in [7, 11) is -2.95. The molecule has 0 aromatic rings. The van der Waals surface area contributed by atoms with Crippen LogP contribution in [0.3, 0.4) is 0 Å². The Labute approximate surface area is 78.1 Å². The molecule has 0 amide bonds. The van der Waals surface area contributed by atoms with Crippen molar-refractivity contribution in [1.82, 2.24) is 0 Å². The topological polar surface area (TPSA) is 55.9 Å². The Morgan fingerprint density at radius 1 is 1.15 bits per heavy atom. The molecule has 0 bridgehead atoms. The normalized spacial score (nSPS) is 33.5. The maximum atomic E-state index is 11.5. The number of ether oxygens (including phenoxy) is 2. The predicted octanol–water partition coefficient (Wildman–Crippen LogP) is -0.0210. The van der Waals surface area contributed by atoms with Crippen LogP contribution in [0.5, 0.6) is 0 Å². The van der Waals surface area contributed by atoms with Crippen LogP contribution in [0, 0.1) is 0 Å². The molecule has 2 aliphatic rings. The zero-order chi connectivity index (χ0) is 9.31. The van der Waals surface area contributed by atoms with E-state index in [9.17, 15) is 8.42 Å². The summed E-state index contributed by atoms with van der Waals surface area (Å²) in [5.41, 5.74) is 0. The van der Waals surface area contributed by atoms with E-state index in [4.69, 9.17) is 9.47 Å². The van der Waals surface area contributed by atoms with Gasteiger partial charge in [0.25, 0.3) is 0 Å². The van der Waals surface area contributed by atoms with Gasteiger partial charge < -0.3 is 9.47 Å². The van der Waals surface area contributed by atoms with Crippen LogP contribution >= 0.6 is 0 Å². The first-order chi connectivity index (χ1) is 6.16. The molecule has 76 valence electrons. The van der Waals surface area contributed by atoms with Crippen LogP contribution in [0.1, 0.15) is 12.8 Å². The highest BCUT2D eigenvalue weighted by molar-refractivity contribution is 7.91. The summed E-state index contributed by atoms with van der Waals surface area (Å²) in [5, 5.41) is 0. The van der Waals surface area contributed by atoms with Crippen molar-refractivity contribution in [3.8, 4) is 0 Å². The molecule has 2 rings (SSSR count). The van der Waals surface area contributed by atoms with Gasteiger partial charge in [-0.15, -0.1) is 0 Å². The molecule has 2 atom stereocenters. The van der Waals surface area contributed by atoms with Crippen molar-refractivity contribution in [1.29, 1.82) is 0 Å². The quantitative estimate of drug-likeness (QED) is 0.607. The molecule has 13 heavy (non-hydrogen) atoms. The second-order valence-corrected chi connectivity index (χ2v) is 5.82. The summed E-state index contributed by atoms with van der Waals surface area (Å²) in [6.07, 6.45) is 1.76. The van der Waals surface area contributed by atoms with Crippen LogP contribution in [-0.2, 0) is 19.3 Å². The molecule has 0 saturated carbocycles. The van der Waals surface area contributed by atoms with Gasteiger partial charge in [-0.2, -0.15) is 0 Å². The van der Waals surface area contributed by atoms with E-state index in [-0.39, 0.29) is 23.7 Å². The molecule has 4 nitrogen and oxygen atoms in total. The fraction of sp³-hybridized carbons (Fsp3) is 1.00. The lowest BCUT2D eigenvalue weighted by Crippen LogP contribution is -2.24. The van der Waals surface area contributed by atoms with Gasteiger partial charge in [-0.25, -0.2) is 8.42 Å². The summed E-state index contributed by atoms with van der Waals surface area (Å²) in [6.45, 7) is 1.31. The number of hydrogen-bond acceptors (Lipinski definition) is 4. The number of epoxide rings is 1. The van der Waals surface area contributed by atoms with Crippen LogP contribution in [-0.4, -0.2) is 45.3 Å². The summed E-state index contributed by atoms with van der Waals surface area (Å²) in [6, 6.07) is 0. The van der Waals surface area contributed by atoms with Gasteiger partial charge in [0.1, 0.15) is 0 Å². The molecule has 0 spiro atoms. The minimum absolute atomic E-state index is 0.0357. The van der Waals surface area contributed by atoms with Crippen molar-refractivity contribution in [2.75, 3.05) is 24.7 Å². The largest absolute Gasteiger partial charge is 0.377 e. The second-order valence-electron chi connectivity index (χ2n) is 3.67. The molecular weight excluding hydrogens is 192 g/mol. The van der Waals surface area contributed by atoms with Crippen molar-refractivity contribution in [3.63, 3.8) is 0 Å². The third-order valence-electron chi connectivity index (χ3n) is 2.31. The second kappa shape index (κ2) is 3.55. The van der Waals surface area contributed by atoms with E-state index < -0.39 is 9.84 Å². The lowest BCUT2D eigenvalue weighted by atomic mass is 10.3. The maximum absolute atomic E-state index is 11.5. The van der Waals surface area contributed by atoms with Crippen LogP contribution < -0.4 is 0 Å². The molecule has 0 aromatic carbocycles. The van der Waals surface area contributed by atoms with Gasteiger partial charge in [-0.05, 0) is 12.8 Å². The van der Waals surface area contributed by atoms with E-state index in [1.807, 2.05) is 0 Å². The Morgan fingerprint density at radius 2 is 1.85 bits per heavy atom. The average Bonchev–Trinajstić information content (AvgIpc) is 2.64. The van der Waals surface area contributed by atoms with Gasteiger partial charge >= 0.3 is 0 Å². The molecule has 0 aliphatic carbocycles. The van der Waals surface area contributed by atoms with Crippen molar-refractivity contribution in [3.05, 3.63) is 0 Å². The van der Waals surface area contributed by atoms with Gasteiger partial charge in [0.2, 0.25) is 0 Å². The summed E-state index contributed by atoms with van der Waals surface area (Å²) in [4.78, 5) is 0. The van der Waals surface area contributed by atoms with Gasteiger partial charge in [-0.1, -0.05) is 0 Å². The number of hydrogen-bond donors (Lipinski definition) is 0. The minimum atomic E-state index is -2.95. The van der Waals surface area contributed by atoms with E-state index in [1.54, 1.807) is 0 Å². The first-order valence-corrected chi connectivity index (χ1v) is 6.41. The van der Waals surface area contributed by atoms with E-state index >= 15 is 0 Å². The van der Waals surface area contributed by atoms with Crippen molar-refractivity contribution in [2.45, 2.75) is 25.0 Å². The van der Waals surface area contributed by atoms with E-state index in [2.05, 4.69) is 0 Å². The molecule has 2 fully saturated rings. The summed E-state index contributed by atoms with van der Waals surface area (Å²) >= 11 is 0. The van der Waals surface area contributed by atoms with Gasteiger partial charge in [0.15, 0.2) is 9.84 Å². The van der Waals surface area contributed by atoms with Gasteiger partial charge in [-0.3, -0.25) is 0 Å². The summed E-state index contributed by atoms with van der Waals surface area (Å²) < 4.78 is 33.1. The third-order valence-corrected chi connectivity index (χ3v) is 4.07. The van der Waals surface area contributed by atoms with Gasteiger partial charge in [0.05, 0.1) is 30.3 Å². The molecular formula is C8H14O4S. The number of rotatable bonds is 4. The van der Waals surface area contributed by atoms with Crippen molar-refractivity contribution in [2.24, 2.45) is 0 Å².